The predicted octanol–water partition coefficient (Wildman–Crippen LogP) is 0.875. The Labute approximate surface area is 70.3 Å². The number of carbonyl (C=O) groups is 1. The number of hydrazine groups is 1. The van der Waals surface area contributed by atoms with Crippen LogP contribution in [0.2, 0.25) is 0 Å². The van der Waals surface area contributed by atoms with Gasteiger partial charge in [0.25, 0.3) is 5.91 Å². The molecule has 1 saturated carbocycles. The van der Waals surface area contributed by atoms with Gasteiger partial charge in [-0.05, 0) is 12.8 Å². The summed E-state index contributed by atoms with van der Waals surface area (Å²) < 4.78 is 0. The zero-order valence-corrected chi connectivity index (χ0v) is 6.78. The summed E-state index contributed by atoms with van der Waals surface area (Å²) in [5.41, 5.74) is 1.70. The smallest absolute Gasteiger partial charge is 0.269 e. The van der Waals surface area contributed by atoms with Crippen LogP contribution in [0.5, 0.6) is 0 Å². The molecule has 0 atom stereocenters. The number of nitrogens with one attached hydrogen (secondary N) is 1. The third kappa shape index (κ3) is 2.48. The van der Waals surface area contributed by atoms with Gasteiger partial charge in [-0.15, -0.1) is 0 Å². The Morgan fingerprint density at radius 3 is 2.42 bits per heavy atom. The molecular formula is C7H12N2O3. The van der Waals surface area contributed by atoms with E-state index in [0.29, 0.717) is 0 Å². The summed E-state index contributed by atoms with van der Waals surface area (Å²) in [5.74, 6) is -0.566. The van der Waals surface area contributed by atoms with E-state index in [1.807, 2.05) is 0 Å². The van der Waals surface area contributed by atoms with Gasteiger partial charge in [-0.25, -0.2) is 10.1 Å². The van der Waals surface area contributed by atoms with E-state index >= 15 is 0 Å². The molecule has 0 spiro atoms. The molecule has 0 bridgehead atoms. The first kappa shape index (κ1) is 8.96. The molecule has 0 aromatic rings. The average molecular weight is 172 g/mol. The maximum absolute atomic E-state index is 11.1. The van der Waals surface area contributed by atoms with Crippen molar-refractivity contribution in [2.24, 2.45) is 5.92 Å². The highest BCUT2D eigenvalue weighted by atomic mass is 16.7. The van der Waals surface area contributed by atoms with E-state index in [0.717, 1.165) is 32.1 Å². The lowest BCUT2D eigenvalue weighted by Crippen LogP contribution is -2.35. The highest BCUT2D eigenvalue weighted by Gasteiger charge is 2.23. The SMILES string of the molecule is O=C(N[N+](=O)[O-])C1CCCCC1. The van der Waals surface area contributed by atoms with Crippen molar-refractivity contribution in [2.45, 2.75) is 32.1 Å². The fourth-order valence-electron chi connectivity index (χ4n) is 1.55. The molecule has 5 nitrogen and oxygen atoms in total. The van der Waals surface area contributed by atoms with Crippen molar-refractivity contribution < 1.29 is 9.83 Å². The van der Waals surface area contributed by atoms with Crippen LogP contribution in [0.4, 0.5) is 0 Å². The van der Waals surface area contributed by atoms with Crippen molar-refractivity contribution in [3.63, 3.8) is 0 Å². The van der Waals surface area contributed by atoms with E-state index in [2.05, 4.69) is 0 Å². The lowest BCUT2D eigenvalue weighted by molar-refractivity contribution is -0.530. The molecule has 0 aromatic carbocycles. The number of carbonyl (C=O) groups excluding carboxylic acids is 1. The topological polar surface area (TPSA) is 72.2 Å². The summed E-state index contributed by atoms with van der Waals surface area (Å²) >= 11 is 0. The number of nitrogens with zero attached hydrogens (tertiary/aromatic N) is 1. The van der Waals surface area contributed by atoms with Gasteiger partial charge in [0.05, 0.1) is 0 Å². The van der Waals surface area contributed by atoms with E-state index < -0.39 is 10.9 Å². The van der Waals surface area contributed by atoms with Gasteiger partial charge in [0.1, 0.15) is 0 Å². The summed E-state index contributed by atoms with van der Waals surface area (Å²) in [5, 5.41) is 9.15. The highest BCUT2D eigenvalue weighted by Crippen LogP contribution is 2.23. The summed E-state index contributed by atoms with van der Waals surface area (Å²) in [6, 6.07) is 0. The first-order valence-corrected chi connectivity index (χ1v) is 4.15. The summed E-state index contributed by atoms with van der Waals surface area (Å²) in [6.07, 6.45) is 4.74. The number of amides is 1. The molecule has 1 rings (SSSR count). The molecule has 12 heavy (non-hydrogen) atoms. The minimum Gasteiger partial charge on any atom is -0.269 e. The van der Waals surface area contributed by atoms with Crippen molar-refractivity contribution in [1.82, 2.24) is 5.43 Å². The summed E-state index contributed by atoms with van der Waals surface area (Å²) in [4.78, 5) is 21.0. The Morgan fingerprint density at radius 2 is 1.92 bits per heavy atom. The normalized spacial score (nSPS) is 18.7. The van der Waals surface area contributed by atoms with Crippen LogP contribution in [-0.4, -0.2) is 10.9 Å². The maximum Gasteiger partial charge on any atom is 0.283 e. The number of hydrogen-bond acceptors (Lipinski definition) is 3. The molecule has 1 amide bonds. The molecule has 0 heterocycles. The fraction of sp³-hybridized carbons (Fsp3) is 0.857. The van der Waals surface area contributed by atoms with Gasteiger partial charge in [-0.3, -0.25) is 4.79 Å². The highest BCUT2D eigenvalue weighted by molar-refractivity contribution is 5.77. The molecule has 0 radical (unpaired) electrons. The van der Waals surface area contributed by atoms with Crippen molar-refractivity contribution in [3.05, 3.63) is 10.1 Å². The predicted molar refractivity (Wildman–Crippen MR) is 41.7 cm³/mol. The van der Waals surface area contributed by atoms with Gasteiger partial charge in [0.15, 0.2) is 5.03 Å². The second-order valence-corrected chi connectivity index (χ2v) is 3.07. The maximum atomic E-state index is 11.1. The van der Waals surface area contributed by atoms with Crippen LogP contribution in [0.1, 0.15) is 32.1 Å². The van der Waals surface area contributed by atoms with Gasteiger partial charge in [-0.2, -0.15) is 0 Å². The quantitative estimate of drug-likeness (QED) is 0.496. The Hall–Kier alpha value is -1.13. The van der Waals surface area contributed by atoms with Crippen LogP contribution in [-0.2, 0) is 4.79 Å². The summed E-state index contributed by atoms with van der Waals surface area (Å²) in [7, 11) is 0. The van der Waals surface area contributed by atoms with Crippen molar-refractivity contribution >= 4 is 5.91 Å². The molecule has 1 aliphatic carbocycles. The lowest BCUT2D eigenvalue weighted by Gasteiger charge is -2.17. The molecule has 0 aromatic heterocycles. The third-order valence-electron chi connectivity index (χ3n) is 2.18. The fourth-order valence-corrected chi connectivity index (χ4v) is 1.55. The number of rotatable bonds is 2. The Morgan fingerprint density at radius 1 is 1.33 bits per heavy atom. The van der Waals surface area contributed by atoms with Gasteiger partial charge in [0, 0.05) is 5.92 Å². The van der Waals surface area contributed by atoms with E-state index in [4.69, 9.17) is 0 Å². The van der Waals surface area contributed by atoms with Gasteiger partial charge < -0.3 is 0 Å². The number of nitro groups is 1. The van der Waals surface area contributed by atoms with Crippen LogP contribution in [0.3, 0.4) is 0 Å². The molecular weight excluding hydrogens is 160 g/mol. The van der Waals surface area contributed by atoms with Gasteiger partial charge in [0.2, 0.25) is 0 Å². The Kier molecular flexibility index (Phi) is 3.01. The van der Waals surface area contributed by atoms with Crippen LogP contribution in [0.25, 0.3) is 0 Å². The largest absolute Gasteiger partial charge is 0.283 e. The van der Waals surface area contributed by atoms with Gasteiger partial charge >= 0.3 is 0 Å². The van der Waals surface area contributed by atoms with Crippen molar-refractivity contribution in [1.29, 1.82) is 0 Å². The van der Waals surface area contributed by atoms with Crippen molar-refractivity contribution in [3.8, 4) is 0 Å². The molecule has 1 N–H and O–H groups in total. The van der Waals surface area contributed by atoms with E-state index in [-0.39, 0.29) is 5.92 Å². The zero-order valence-electron chi connectivity index (χ0n) is 6.78. The van der Waals surface area contributed by atoms with Crippen LogP contribution in [0.15, 0.2) is 0 Å². The number of hydrogen-bond donors (Lipinski definition) is 1. The molecule has 5 heteroatoms. The van der Waals surface area contributed by atoms with Crippen LogP contribution >= 0.6 is 0 Å². The second-order valence-electron chi connectivity index (χ2n) is 3.07. The average Bonchev–Trinajstić information content (AvgIpc) is 2.05. The van der Waals surface area contributed by atoms with Crippen LogP contribution < -0.4 is 5.43 Å². The lowest BCUT2D eigenvalue weighted by atomic mass is 9.89. The van der Waals surface area contributed by atoms with E-state index in [1.165, 1.54) is 0 Å². The molecule has 0 aliphatic heterocycles. The van der Waals surface area contributed by atoms with Crippen molar-refractivity contribution in [2.75, 3.05) is 0 Å². The van der Waals surface area contributed by atoms with Crippen LogP contribution in [0, 0.1) is 16.0 Å². The first-order chi connectivity index (χ1) is 5.70. The minimum absolute atomic E-state index is 0.135. The molecule has 1 aliphatic rings. The molecule has 0 saturated heterocycles. The van der Waals surface area contributed by atoms with E-state index in [1.54, 1.807) is 5.43 Å². The second kappa shape index (κ2) is 4.04. The Balaban J connectivity index is 2.34. The summed E-state index contributed by atoms with van der Waals surface area (Å²) in [6.45, 7) is 0. The monoisotopic (exact) mass is 172 g/mol. The molecule has 1 fully saturated rings. The molecule has 0 unspecified atom stereocenters. The standard InChI is InChI=1S/C7H12N2O3/c10-7(8-9(11)12)6-4-2-1-3-5-6/h6H,1-5H2,(H,8,10). The first-order valence-electron chi connectivity index (χ1n) is 4.15. The van der Waals surface area contributed by atoms with Gasteiger partial charge in [-0.1, -0.05) is 24.7 Å². The molecule has 68 valence electrons. The minimum atomic E-state index is -0.781. The van der Waals surface area contributed by atoms with E-state index in [9.17, 15) is 14.9 Å². The Bertz CT molecular complexity index is 187. The zero-order chi connectivity index (χ0) is 8.97. The third-order valence-corrected chi connectivity index (χ3v) is 2.18.